The van der Waals surface area contributed by atoms with Gasteiger partial charge < -0.3 is 19.5 Å². The number of amides is 1. The van der Waals surface area contributed by atoms with Gasteiger partial charge in [0, 0.05) is 23.6 Å². The summed E-state index contributed by atoms with van der Waals surface area (Å²) >= 11 is 0. The number of carbonyl (C=O) groups is 1. The standard InChI is InChI=1S/C20H20F2N2O4/c1-26-13-8-15(21)17(16(22)9-13)14-10-23-19(27-2)18(14)24-20(25)28-11-12-6-4-3-5-7-12/h3-9,14,18H,10-11H2,1-2H3,(H,24,25)/t14-,18-/m0/s1. The average molecular weight is 390 g/mol. The molecule has 0 bridgehead atoms. The summed E-state index contributed by atoms with van der Waals surface area (Å²) in [4.78, 5) is 16.4. The minimum Gasteiger partial charge on any atom is -0.497 e. The van der Waals surface area contributed by atoms with Gasteiger partial charge in [-0.2, -0.15) is 0 Å². The highest BCUT2D eigenvalue weighted by atomic mass is 19.1. The predicted molar refractivity (Wildman–Crippen MR) is 98.5 cm³/mol. The van der Waals surface area contributed by atoms with Crippen molar-refractivity contribution in [2.75, 3.05) is 20.8 Å². The Labute approximate surface area is 161 Å². The summed E-state index contributed by atoms with van der Waals surface area (Å²) in [7, 11) is 2.70. The molecule has 6 nitrogen and oxygen atoms in total. The van der Waals surface area contributed by atoms with Crippen molar-refractivity contribution in [2.24, 2.45) is 4.99 Å². The summed E-state index contributed by atoms with van der Waals surface area (Å²) in [5.41, 5.74) is 0.624. The number of rotatable bonds is 5. The summed E-state index contributed by atoms with van der Waals surface area (Å²) in [6, 6.07) is 10.5. The molecule has 8 heteroatoms. The van der Waals surface area contributed by atoms with Crippen LogP contribution in [0.25, 0.3) is 0 Å². The number of aliphatic imine (C=N–C) groups is 1. The fraction of sp³-hybridized carbons (Fsp3) is 0.300. The van der Waals surface area contributed by atoms with Crippen LogP contribution in [-0.2, 0) is 16.1 Å². The number of carbonyl (C=O) groups excluding carboxylic acids is 1. The Morgan fingerprint density at radius 3 is 2.43 bits per heavy atom. The number of methoxy groups -OCH3 is 2. The third kappa shape index (κ3) is 4.21. The van der Waals surface area contributed by atoms with Crippen molar-refractivity contribution >= 4 is 12.0 Å². The molecule has 0 saturated carbocycles. The van der Waals surface area contributed by atoms with Crippen LogP contribution in [0.2, 0.25) is 0 Å². The van der Waals surface area contributed by atoms with E-state index in [9.17, 15) is 13.6 Å². The van der Waals surface area contributed by atoms with Gasteiger partial charge >= 0.3 is 6.09 Å². The quantitative estimate of drug-likeness (QED) is 0.850. The van der Waals surface area contributed by atoms with Crippen LogP contribution in [0.3, 0.4) is 0 Å². The highest BCUT2D eigenvalue weighted by Gasteiger charge is 2.38. The fourth-order valence-electron chi connectivity index (χ4n) is 3.10. The number of alkyl carbamates (subject to hydrolysis) is 1. The zero-order valence-electron chi connectivity index (χ0n) is 15.4. The molecule has 148 valence electrons. The molecule has 0 spiro atoms. The van der Waals surface area contributed by atoms with Crippen LogP contribution in [0.5, 0.6) is 5.75 Å². The van der Waals surface area contributed by atoms with Gasteiger partial charge in [0.2, 0.25) is 5.90 Å². The van der Waals surface area contributed by atoms with Gasteiger partial charge in [-0.3, -0.25) is 4.99 Å². The highest BCUT2D eigenvalue weighted by molar-refractivity contribution is 5.88. The molecule has 0 aromatic heterocycles. The highest BCUT2D eigenvalue weighted by Crippen LogP contribution is 2.33. The Morgan fingerprint density at radius 1 is 1.14 bits per heavy atom. The maximum Gasteiger partial charge on any atom is 0.408 e. The first-order valence-corrected chi connectivity index (χ1v) is 8.62. The van der Waals surface area contributed by atoms with Crippen molar-refractivity contribution < 1.29 is 27.8 Å². The topological polar surface area (TPSA) is 69.2 Å². The number of hydrogen-bond acceptors (Lipinski definition) is 5. The summed E-state index contributed by atoms with van der Waals surface area (Å²) in [5, 5.41) is 2.60. The average Bonchev–Trinajstić information content (AvgIpc) is 3.08. The zero-order chi connectivity index (χ0) is 20.1. The molecule has 1 amide bonds. The Kier molecular flexibility index (Phi) is 6.08. The second-order valence-electron chi connectivity index (χ2n) is 6.18. The van der Waals surface area contributed by atoms with E-state index in [2.05, 4.69) is 10.3 Å². The summed E-state index contributed by atoms with van der Waals surface area (Å²) < 4.78 is 44.3. The van der Waals surface area contributed by atoms with Gasteiger partial charge in [-0.15, -0.1) is 0 Å². The molecule has 1 N–H and O–H groups in total. The van der Waals surface area contributed by atoms with Gasteiger partial charge in [-0.25, -0.2) is 13.6 Å². The van der Waals surface area contributed by atoms with Crippen molar-refractivity contribution in [1.82, 2.24) is 5.32 Å². The Hall–Kier alpha value is -3.16. The molecule has 1 heterocycles. The lowest BCUT2D eigenvalue weighted by molar-refractivity contribution is 0.136. The zero-order valence-corrected chi connectivity index (χ0v) is 15.4. The van der Waals surface area contributed by atoms with Crippen molar-refractivity contribution in [3.63, 3.8) is 0 Å². The molecule has 1 aliphatic heterocycles. The first-order valence-electron chi connectivity index (χ1n) is 8.62. The van der Waals surface area contributed by atoms with Crippen molar-refractivity contribution in [2.45, 2.75) is 18.6 Å². The number of ether oxygens (including phenoxy) is 3. The molecule has 0 fully saturated rings. The van der Waals surface area contributed by atoms with E-state index in [0.29, 0.717) is 0 Å². The number of benzene rings is 2. The van der Waals surface area contributed by atoms with Gasteiger partial charge in [0.05, 0.1) is 20.8 Å². The summed E-state index contributed by atoms with van der Waals surface area (Å²) in [5.74, 6) is -2.09. The minimum absolute atomic E-state index is 0.0625. The first-order chi connectivity index (χ1) is 13.5. The molecular formula is C20H20F2N2O4. The molecule has 2 aromatic rings. The van der Waals surface area contributed by atoms with E-state index in [1.54, 1.807) is 0 Å². The van der Waals surface area contributed by atoms with Crippen LogP contribution < -0.4 is 10.1 Å². The normalized spacial score (nSPS) is 18.4. The minimum atomic E-state index is -0.856. The van der Waals surface area contributed by atoms with E-state index in [-0.39, 0.29) is 30.4 Å². The molecule has 0 unspecified atom stereocenters. The summed E-state index contributed by atoms with van der Waals surface area (Å²) in [6.45, 7) is 0.127. The molecular weight excluding hydrogens is 370 g/mol. The van der Waals surface area contributed by atoms with Crippen molar-refractivity contribution in [1.29, 1.82) is 0 Å². The van der Waals surface area contributed by atoms with Crippen LogP contribution in [0, 0.1) is 11.6 Å². The van der Waals surface area contributed by atoms with Gasteiger partial charge in [-0.1, -0.05) is 30.3 Å². The SMILES string of the molecule is COC1=NC[C@@H](c2c(F)cc(OC)cc2F)[C@@H]1NC(=O)OCc1ccccc1. The lowest BCUT2D eigenvalue weighted by Gasteiger charge is -2.22. The number of halogens is 2. The number of nitrogens with one attached hydrogen (secondary N) is 1. The fourth-order valence-corrected chi connectivity index (χ4v) is 3.10. The van der Waals surface area contributed by atoms with Gasteiger partial charge in [0.1, 0.15) is 30.0 Å². The molecule has 3 rings (SSSR count). The molecule has 28 heavy (non-hydrogen) atoms. The Morgan fingerprint density at radius 2 is 1.82 bits per heavy atom. The first kappa shape index (κ1) is 19.6. The van der Waals surface area contributed by atoms with Crippen molar-refractivity contribution in [3.05, 3.63) is 65.2 Å². The molecule has 0 aliphatic carbocycles. The Bertz CT molecular complexity index is 851. The lowest BCUT2D eigenvalue weighted by atomic mass is 9.92. The smallest absolute Gasteiger partial charge is 0.408 e. The van der Waals surface area contributed by atoms with E-state index in [1.165, 1.54) is 14.2 Å². The lowest BCUT2D eigenvalue weighted by Crippen LogP contribution is -2.44. The van der Waals surface area contributed by atoms with Crippen LogP contribution in [0.15, 0.2) is 47.5 Å². The van der Waals surface area contributed by atoms with Crippen LogP contribution >= 0.6 is 0 Å². The van der Waals surface area contributed by atoms with E-state index in [0.717, 1.165) is 17.7 Å². The largest absolute Gasteiger partial charge is 0.497 e. The molecule has 2 aromatic carbocycles. The predicted octanol–water partition coefficient (Wildman–Crippen LogP) is 3.41. The van der Waals surface area contributed by atoms with Gasteiger partial charge in [0.25, 0.3) is 0 Å². The summed E-state index contributed by atoms with van der Waals surface area (Å²) in [6.07, 6.45) is -0.736. The molecule has 1 aliphatic rings. The molecule has 0 saturated heterocycles. The van der Waals surface area contributed by atoms with Crippen molar-refractivity contribution in [3.8, 4) is 5.75 Å². The van der Waals surface area contributed by atoms with Crippen LogP contribution in [0.1, 0.15) is 17.0 Å². The van der Waals surface area contributed by atoms with Crippen LogP contribution in [0.4, 0.5) is 13.6 Å². The third-order valence-electron chi connectivity index (χ3n) is 4.47. The Balaban J connectivity index is 1.75. The van der Waals surface area contributed by atoms with E-state index in [1.807, 2.05) is 30.3 Å². The van der Waals surface area contributed by atoms with Crippen LogP contribution in [-0.4, -0.2) is 38.8 Å². The molecule has 0 radical (unpaired) electrons. The maximum absolute atomic E-state index is 14.5. The van der Waals surface area contributed by atoms with E-state index >= 15 is 0 Å². The van der Waals surface area contributed by atoms with Gasteiger partial charge in [-0.05, 0) is 5.56 Å². The second kappa shape index (κ2) is 8.69. The number of hydrogen-bond donors (Lipinski definition) is 1. The van der Waals surface area contributed by atoms with E-state index < -0.39 is 29.7 Å². The number of nitrogens with zero attached hydrogens (tertiary/aromatic N) is 1. The van der Waals surface area contributed by atoms with Gasteiger partial charge in [0.15, 0.2) is 0 Å². The molecule has 2 atom stereocenters. The monoisotopic (exact) mass is 390 g/mol. The third-order valence-corrected chi connectivity index (χ3v) is 4.47. The maximum atomic E-state index is 14.5. The second-order valence-corrected chi connectivity index (χ2v) is 6.18. The van der Waals surface area contributed by atoms with E-state index in [4.69, 9.17) is 14.2 Å².